The number of primary amides is 1. The van der Waals surface area contributed by atoms with E-state index >= 15 is 0 Å². The number of rotatable bonds is 5. The van der Waals surface area contributed by atoms with Crippen molar-refractivity contribution < 1.29 is 18.0 Å². The first-order valence-electron chi connectivity index (χ1n) is 3.85. The van der Waals surface area contributed by atoms with E-state index in [0.29, 0.717) is 5.69 Å². The highest BCUT2D eigenvalue weighted by Crippen LogP contribution is 2.10. The van der Waals surface area contributed by atoms with E-state index in [2.05, 4.69) is 15.0 Å². The van der Waals surface area contributed by atoms with E-state index in [-0.39, 0.29) is 4.90 Å². The fourth-order valence-electron chi connectivity index (χ4n) is 0.834. The Balaban J connectivity index is 2.69. The molecule has 9 heteroatoms. The molecule has 0 radical (unpaired) electrons. The molecule has 0 saturated carbocycles. The molecule has 15 heavy (non-hydrogen) atoms. The molecule has 0 unspecified atom stereocenters. The summed E-state index contributed by atoms with van der Waals surface area (Å²) >= 11 is 0. The minimum Gasteiger partial charge on any atom is -0.368 e. The second-order valence-corrected chi connectivity index (χ2v) is 4.31. The number of hydrogen-bond donors (Lipinski definition) is 3. The van der Waals surface area contributed by atoms with E-state index in [1.165, 1.54) is 6.92 Å². The quantitative estimate of drug-likeness (QED) is 0.529. The first-order chi connectivity index (χ1) is 6.93. The number of aromatic amines is 1. The molecule has 0 fully saturated rings. The molecule has 0 aromatic carbocycles. The van der Waals surface area contributed by atoms with Gasteiger partial charge in [-0.2, -0.15) is 5.10 Å². The summed E-state index contributed by atoms with van der Waals surface area (Å²) in [6, 6.07) is 0. The third-order valence-corrected chi connectivity index (χ3v) is 2.78. The summed E-state index contributed by atoms with van der Waals surface area (Å²) in [5.74, 6) is -0.776. The first kappa shape index (κ1) is 11.6. The predicted molar refractivity (Wildman–Crippen MR) is 48.8 cm³/mol. The average molecular weight is 234 g/mol. The molecule has 4 N–H and O–H groups in total. The molecule has 0 aliphatic carbocycles. The zero-order chi connectivity index (χ0) is 11.5. The molecule has 1 rings (SSSR count). The number of nitrogens with two attached hydrogens (primary N) is 1. The lowest BCUT2D eigenvalue weighted by Gasteiger charge is -2.03. The number of nitrogens with one attached hydrogen (secondary N) is 2. The van der Waals surface area contributed by atoms with Crippen LogP contribution in [0.15, 0.2) is 11.1 Å². The summed E-state index contributed by atoms with van der Waals surface area (Å²) in [4.78, 5) is 16.4. The fourth-order valence-corrected chi connectivity index (χ4v) is 1.78. The number of aryl methyl sites for hydroxylation is 1. The van der Waals surface area contributed by atoms with Gasteiger partial charge in [-0.3, -0.25) is 14.7 Å². The van der Waals surface area contributed by atoms with Crippen LogP contribution in [0.25, 0.3) is 0 Å². The molecule has 8 nitrogen and oxygen atoms in total. The minimum atomic E-state index is -3.82. The van der Waals surface area contributed by atoms with Crippen LogP contribution >= 0.6 is 0 Å². The Morgan fingerprint density at radius 2 is 2.40 bits per heavy atom. The lowest BCUT2D eigenvalue weighted by atomic mass is 10.5. The Bertz CT molecular complexity index is 451. The summed E-state index contributed by atoms with van der Waals surface area (Å²) in [5, 5.41) is 6.00. The van der Waals surface area contributed by atoms with Crippen LogP contribution in [0, 0.1) is 6.92 Å². The number of amides is 1. The smallest absolute Gasteiger partial charge is 0.265 e. The second kappa shape index (κ2) is 4.38. The van der Waals surface area contributed by atoms with Gasteiger partial charge in [0.05, 0.1) is 11.9 Å². The maximum atomic E-state index is 11.4. The molecule has 1 aromatic rings. The molecule has 84 valence electrons. The highest BCUT2D eigenvalue weighted by atomic mass is 32.2. The Labute approximate surface area is 85.8 Å². The van der Waals surface area contributed by atoms with Crippen molar-refractivity contribution in [1.29, 1.82) is 0 Å². The van der Waals surface area contributed by atoms with Gasteiger partial charge in [0.1, 0.15) is 11.5 Å². The lowest BCUT2D eigenvalue weighted by Crippen LogP contribution is -2.29. The van der Waals surface area contributed by atoms with E-state index in [1.807, 2.05) is 0 Å². The van der Waals surface area contributed by atoms with E-state index in [0.717, 1.165) is 6.20 Å². The van der Waals surface area contributed by atoms with Gasteiger partial charge in [-0.1, -0.05) is 4.89 Å². The molecule has 0 spiro atoms. The van der Waals surface area contributed by atoms with Crippen LogP contribution in [0.5, 0.6) is 0 Å². The number of carbonyl (C=O) groups excluding carboxylic acids is 1. The molecular formula is C6H10N4O4S. The zero-order valence-corrected chi connectivity index (χ0v) is 8.67. The SMILES string of the molecule is Cc1[nH]ncc1S(=O)(=O)NOCC(N)=O. The maximum Gasteiger partial charge on any atom is 0.265 e. The molecule has 0 atom stereocenters. The number of H-pyrrole nitrogens is 1. The Hall–Kier alpha value is -1.45. The van der Waals surface area contributed by atoms with Gasteiger partial charge in [-0.25, -0.2) is 8.42 Å². The molecule has 1 aromatic heterocycles. The second-order valence-electron chi connectivity index (χ2n) is 2.70. The molecule has 1 amide bonds. The average Bonchev–Trinajstić information content (AvgIpc) is 2.50. The van der Waals surface area contributed by atoms with Crippen molar-refractivity contribution in [2.24, 2.45) is 5.73 Å². The number of nitrogens with zero attached hydrogens (tertiary/aromatic N) is 1. The molecule has 0 saturated heterocycles. The minimum absolute atomic E-state index is 0.0491. The molecule has 0 aliphatic heterocycles. The maximum absolute atomic E-state index is 11.4. The van der Waals surface area contributed by atoms with Crippen molar-refractivity contribution in [2.45, 2.75) is 11.8 Å². The summed E-state index contributed by atoms with van der Waals surface area (Å²) in [5.41, 5.74) is 5.12. The highest BCUT2D eigenvalue weighted by molar-refractivity contribution is 7.89. The van der Waals surface area contributed by atoms with Crippen LogP contribution in [0.4, 0.5) is 0 Å². The van der Waals surface area contributed by atoms with Crippen molar-refractivity contribution in [1.82, 2.24) is 15.1 Å². The monoisotopic (exact) mass is 234 g/mol. The zero-order valence-electron chi connectivity index (χ0n) is 7.85. The van der Waals surface area contributed by atoms with Crippen LogP contribution in [-0.2, 0) is 19.7 Å². The van der Waals surface area contributed by atoms with Gasteiger partial charge in [-0.15, -0.1) is 0 Å². The lowest BCUT2D eigenvalue weighted by molar-refractivity contribution is -0.123. The number of carbonyl (C=O) groups is 1. The number of hydrogen-bond acceptors (Lipinski definition) is 5. The summed E-state index contributed by atoms with van der Waals surface area (Å²) in [6.07, 6.45) is 1.13. The van der Waals surface area contributed by atoms with Crippen molar-refractivity contribution in [3.8, 4) is 0 Å². The van der Waals surface area contributed by atoms with Crippen molar-refractivity contribution in [3.63, 3.8) is 0 Å². The normalized spacial score (nSPS) is 11.5. The van der Waals surface area contributed by atoms with Gasteiger partial charge >= 0.3 is 0 Å². The molecule has 1 heterocycles. The third-order valence-electron chi connectivity index (χ3n) is 1.46. The van der Waals surface area contributed by atoms with Crippen LogP contribution in [0.2, 0.25) is 0 Å². The van der Waals surface area contributed by atoms with Gasteiger partial charge in [0, 0.05) is 0 Å². The van der Waals surface area contributed by atoms with E-state index in [1.54, 1.807) is 4.89 Å². The van der Waals surface area contributed by atoms with Crippen LogP contribution in [0.3, 0.4) is 0 Å². The fraction of sp³-hybridized carbons (Fsp3) is 0.333. The van der Waals surface area contributed by atoms with Gasteiger partial charge < -0.3 is 5.73 Å². The standard InChI is InChI=1S/C6H10N4O4S/c1-4-5(2-8-9-4)15(12,13)10-14-3-6(7)11/h2,10H,3H2,1H3,(H2,7,11)(H,8,9). The molecule has 0 aliphatic rings. The van der Waals surface area contributed by atoms with Crippen molar-refractivity contribution in [2.75, 3.05) is 6.61 Å². The van der Waals surface area contributed by atoms with Gasteiger partial charge in [0.15, 0.2) is 0 Å². The third kappa shape index (κ3) is 3.01. The van der Waals surface area contributed by atoms with Gasteiger partial charge in [-0.05, 0) is 6.92 Å². The van der Waals surface area contributed by atoms with E-state index in [9.17, 15) is 13.2 Å². The van der Waals surface area contributed by atoms with Crippen LogP contribution in [0.1, 0.15) is 5.69 Å². The van der Waals surface area contributed by atoms with Crippen molar-refractivity contribution in [3.05, 3.63) is 11.9 Å². The van der Waals surface area contributed by atoms with Crippen molar-refractivity contribution >= 4 is 15.9 Å². The summed E-state index contributed by atoms with van der Waals surface area (Å²) in [7, 11) is -3.82. The Morgan fingerprint density at radius 1 is 1.73 bits per heavy atom. The van der Waals surface area contributed by atoms with Crippen LogP contribution in [-0.4, -0.2) is 31.1 Å². The summed E-state index contributed by atoms with van der Waals surface area (Å²) < 4.78 is 22.9. The van der Waals surface area contributed by atoms with Gasteiger partial charge in [0.2, 0.25) is 5.91 Å². The number of sulfonamides is 1. The van der Waals surface area contributed by atoms with Gasteiger partial charge in [0.25, 0.3) is 10.0 Å². The predicted octanol–water partition coefficient (Wildman–Crippen LogP) is -1.59. The largest absolute Gasteiger partial charge is 0.368 e. The highest BCUT2D eigenvalue weighted by Gasteiger charge is 2.18. The Morgan fingerprint density at radius 3 is 2.87 bits per heavy atom. The molecular weight excluding hydrogens is 224 g/mol. The number of aromatic nitrogens is 2. The molecule has 0 bridgehead atoms. The van der Waals surface area contributed by atoms with Crippen LogP contribution < -0.4 is 10.6 Å². The van der Waals surface area contributed by atoms with E-state index < -0.39 is 22.5 Å². The van der Waals surface area contributed by atoms with E-state index in [4.69, 9.17) is 5.73 Å². The first-order valence-corrected chi connectivity index (χ1v) is 5.33. The Kier molecular flexibility index (Phi) is 3.39. The topological polar surface area (TPSA) is 127 Å². The summed E-state index contributed by atoms with van der Waals surface area (Å²) in [6.45, 7) is 1.01.